The van der Waals surface area contributed by atoms with Crippen molar-refractivity contribution in [2.24, 2.45) is 0 Å². The largest absolute Gasteiger partial charge is 0.461 e. The number of amides is 1. The molecule has 0 bridgehead atoms. The van der Waals surface area contributed by atoms with Crippen LogP contribution in [0.25, 0.3) is 11.2 Å². The van der Waals surface area contributed by atoms with Crippen molar-refractivity contribution >= 4 is 28.9 Å². The predicted molar refractivity (Wildman–Crippen MR) is 93.9 cm³/mol. The zero-order chi connectivity index (χ0) is 19.3. The number of esters is 1. The van der Waals surface area contributed by atoms with Gasteiger partial charge in [-0.05, 0) is 20.8 Å². The van der Waals surface area contributed by atoms with E-state index in [0.29, 0.717) is 30.0 Å². The molecule has 0 fully saturated rings. The number of hydrogen-bond donors (Lipinski definition) is 2. The lowest BCUT2D eigenvalue weighted by Crippen LogP contribution is -2.23. The van der Waals surface area contributed by atoms with Crippen molar-refractivity contribution < 1.29 is 19.1 Å². The number of aromatic amines is 1. The van der Waals surface area contributed by atoms with Crippen molar-refractivity contribution in [1.29, 1.82) is 0 Å². The van der Waals surface area contributed by atoms with Gasteiger partial charge < -0.3 is 19.8 Å². The van der Waals surface area contributed by atoms with Gasteiger partial charge in [0.25, 0.3) is 5.91 Å². The Balaban J connectivity index is 2.11. The Morgan fingerprint density at radius 2 is 1.96 bits per heavy atom. The van der Waals surface area contributed by atoms with Crippen molar-refractivity contribution in [3.05, 3.63) is 16.3 Å². The molecule has 10 heteroatoms. The van der Waals surface area contributed by atoms with Crippen LogP contribution in [0.4, 0.5) is 5.82 Å². The molecule has 0 radical (unpaired) electrons. The number of nitrogens with zero attached hydrogens (tertiary/aromatic N) is 3. The second-order valence-corrected chi connectivity index (χ2v) is 5.79. The van der Waals surface area contributed by atoms with Gasteiger partial charge in [-0.2, -0.15) is 0 Å². The summed E-state index contributed by atoms with van der Waals surface area (Å²) >= 11 is 0. The van der Waals surface area contributed by atoms with E-state index in [9.17, 15) is 14.4 Å². The Labute approximate surface area is 149 Å². The SMILES string of the molecule is CCc1nc(NC(=O)COCC(=O)OC(C)C)c2[nH]c(=O)n(CC)c2n1. The molecule has 0 spiro atoms. The molecule has 0 aromatic carbocycles. The quantitative estimate of drug-likeness (QED) is 0.656. The van der Waals surface area contributed by atoms with E-state index in [1.54, 1.807) is 13.8 Å². The van der Waals surface area contributed by atoms with Gasteiger partial charge in [0.2, 0.25) is 0 Å². The van der Waals surface area contributed by atoms with Crippen LogP contribution in [0, 0.1) is 0 Å². The molecule has 0 aliphatic rings. The van der Waals surface area contributed by atoms with Crippen molar-refractivity contribution in [2.45, 2.75) is 46.8 Å². The van der Waals surface area contributed by atoms with Crippen molar-refractivity contribution in [1.82, 2.24) is 19.5 Å². The normalized spacial score (nSPS) is 11.1. The third kappa shape index (κ3) is 4.66. The molecular weight excluding hydrogens is 342 g/mol. The number of imidazole rings is 1. The first-order valence-corrected chi connectivity index (χ1v) is 8.42. The van der Waals surface area contributed by atoms with Crippen LogP contribution >= 0.6 is 0 Å². The summed E-state index contributed by atoms with van der Waals surface area (Å²) in [6, 6.07) is 0. The van der Waals surface area contributed by atoms with E-state index in [0.717, 1.165) is 0 Å². The molecule has 1 amide bonds. The van der Waals surface area contributed by atoms with Gasteiger partial charge in [0, 0.05) is 13.0 Å². The minimum Gasteiger partial charge on any atom is -0.461 e. The van der Waals surface area contributed by atoms with E-state index in [1.165, 1.54) is 4.57 Å². The minimum atomic E-state index is -0.546. The summed E-state index contributed by atoms with van der Waals surface area (Å²) in [5.41, 5.74) is 0.455. The van der Waals surface area contributed by atoms with E-state index in [1.807, 2.05) is 13.8 Å². The molecule has 2 aromatic rings. The highest BCUT2D eigenvalue weighted by Gasteiger charge is 2.16. The number of aryl methyl sites for hydroxylation is 2. The molecule has 0 unspecified atom stereocenters. The van der Waals surface area contributed by atoms with Gasteiger partial charge in [-0.1, -0.05) is 6.92 Å². The fourth-order valence-electron chi connectivity index (χ4n) is 2.31. The number of H-pyrrole nitrogens is 1. The summed E-state index contributed by atoms with van der Waals surface area (Å²) in [7, 11) is 0. The molecule has 142 valence electrons. The van der Waals surface area contributed by atoms with Crippen LogP contribution in [-0.2, 0) is 32.0 Å². The predicted octanol–water partition coefficient (Wildman–Crippen LogP) is 0.609. The standard InChI is InChI=1S/C16H23N5O5/c1-5-10-17-14(13-15(18-10)21(6-2)16(24)20-13)19-11(22)7-25-8-12(23)26-9(3)4/h9H,5-8H2,1-4H3,(H,20,24)(H,17,18,19,22). The van der Waals surface area contributed by atoms with Crippen LogP contribution < -0.4 is 11.0 Å². The van der Waals surface area contributed by atoms with Crippen LogP contribution in [0.15, 0.2) is 4.79 Å². The van der Waals surface area contributed by atoms with Gasteiger partial charge in [0.1, 0.15) is 24.6 Å². The average Bonchev–Trinajstić information content (AvgIpc) is 2.89. The van der Waals surface area contributed by atoms with Gasteiger partial charge in [-0.3, -0.25) is 9.36 Å². The molecule has 0 atom stereocenters. The van der Waals surface area contributed by atoms with Crippen LogP contribution in [-0.4, -0.2) is 50.7 Å². The summed E-state index contributed by atoms with van der Waals surface area (Å²) in [5.74, 6) is -0.353. The molecule has 0 aliphatic carbocycles. The maximum atomic E-state index is 12.1. The van der Waals surface area contributed by atoms with Crippen molar-refractivity contribution in [2.75, 3.05) is 18.5 Å². The van der Waals surface area contributed by atoms with Gasteiger partial charge in [0.15, 0.2) is 11.5 Å². The second-order valence-electron chi connectivity index (χ2n) is 5.79. The van der Waals surface area contributed by atoms with E-state index in [2.05, 4.69) is 20.3 Å². The molecule has 2 rings (SSSR count). The van der Waals surface area contributed by atoms with Crippen molar-refractivity contribution in [3.63, 3.8) is 0 Å². The maximum absolute atomic E-state index is 12.1. The van der Waals surface area contributed by atoms with Crippen LogP contribution in [0.2, 0.25) is 0 Å². The molecule has 0 saturated heterocycles. The van der Waals surface area contributed by atoms with Crippen LogP contribution in [0.5, 0.6) is 0 Å². The van der Waals surface area contributed by atoms with Gasteiger partial charge in [-0.15, -0.1) is 0 Å². The van der Waals surface area contributed by atoms with Crippen LogP contribution in [0.1, 0.15) is 33.5 Å². The van der Waals surface area contributed by atoms with E-state index in [-0.39, 0.29) is 30.8 Å². The molecule has 2 aromatic heterocycles. The number of carbonyl (C=O) groups excluding carboxylic acids is 2. The summed E-state index contributed by atoms with van der Waals surface area (Å²) in [4.78, 5) is 46.7. The zero-order valence-corrected chi connectivity index (χ0v) is 15.3. The summed E-state index contributed by atoms with van der Waals surface area (Å²) < 4.78 is 11.4. The summed E-state index contributed by atoms with van der Waals surface area (Å²) in [5, 5.41) is 2.59. The molecule has 0 aliphatic heterocycles. The Bertz CT molecular complexity index is 855. The Kier molecular flexibility index (Phi) is 6.45. The van der Waals surface area contributed by atoms with Gasteiger partial charge in [-0.25, -0.2) is 19.6 Å². The highest BCUT2D eigenvalue weighted by Crippen LogP contribution is 2.17. The highest BCUT2D eigenvalue weighted by molar-refractivity contribution is 5.97. The van der Waals surface area contributed by atoms with Crippen molar-refractivity contribution in [3.8, 4) is 0 Å². The fraction of sp³-hybridized carbons (Fsp3) is 0.562. The zero-order valence-electron chi connectivity index (χ0n) is 15.3. The monoisotopic (exact) mass is 365 g/mol. The summed E-state index contributed by atoms with van der Waals surface area (Å²) in [6.45, 7) is 6.90. The number of aromatic nitrogens is 4. The Morgan fingerprint density at radius 3 is 2.58 bits per heavy atom. The van der Waals surface area contributed by atoms with E-state index < -0.39 is 11.9 Å². The van der Waals surface area contributed by atoms with Gasteiger partial charge >= 0.3 is 11.7 Å². The number of rotatable bonds is 8. The number of hydrogen-bond acceptors (Lipinski definition) is 7. The molecule has 2 heterocycles. The van der Waals surface area contributed by atoms with E-state index >= 15 is 0 Å². The molecule has 26 heavy (non-hydrogen) atoms. The maximum Gasteiger partial charge on any atom is 0.332 e. The number of carbonyl (C=O) groups is 2. The molecule has 0 saturated carbocycles. The Morgan fingerprint density at radius 1 is 1.23 bits per heavy atom. The lowest BCUT2D eigenvalue weighted by atomic mass is 10.4. The van der Waals surface area contributed by atoms with Crippen LogP contribution in [0.3, 0.4) is 0 Å². The fourth-order valence-corrected chi connectivity index (χ4v) is 2.31. The number of anilines is 1. The number of ether oxygens (including phenoxy) is 2. The second kappa shape index (κ2) is 8.56. The Hall–Kier alpha value is -2.75. The first-order valence-electron chi connectivity index (χ1n) is 8.42. The average molecular weight is 365 g/mol. The molecule has 2 N–H and O–H groups in total. The topological polar surface area (TPSA) is 128 Å². The first-order chi connectivity index (χ1) is 12.3. The first kappa shape index (κ1) is 19.6. The lowest BCUT2D eigenvalue weighted by molar-refractivity contribution is -0.153. The third-order valence-electron chi connectivity index (χ3n) is 3.38. The third-order valence-corrected chi connectivity index (χ3v) is 3.38. The lowest BCUT2D eigenvalue weighted by Gasteiger charge is -2.09. The highest BCUT2D eigenvalue weighted by atomic mass is 16.6. The smallest absolute Gasteiger partial charge is 0.332 e. The van der Waals surface area contributed by atoms with E-state index in [4.69, 9.17) is 9.47 Å². The minimum absolute atomic E-state index is 0.203. The summed E-state index contributed by atoms with van der Waals surface area (Å²) in [6.07, 6.45) is 0.292. The van der Waals surface area contributed by atoms with Gasteiger partial charge in [0.05, 0.1) is 6.10 Å². The molecule has 10 nitrogen and oxygen atoms in total. The molecular formula is C16H23N5O5. The number of nitrogens with one attached hydrogen (secondary N) is 2. The number of fused-ring (bicyclic) bond motifs is 1.